The molecule has 0 radical (unpaired) electrons. The molecule has 0 saturated heterocycles. The van der Waals surface area contributed by atoms with E-state index in [4.69, 9.17) is 16.7 Å². The van der Waals surface area contributed by atoms with E-state index in [1.165, 1.54) is 0 Å². The summed E-state index contributed by atoms with van der Waals surface area (Å²) in [5.74, 6) is -0.140. The maximum atomic E-state index is 10.5. The summed E-state index contributed by atoms with van der Waals surface area (Å²) in [5.41, 5.74) is 0.943. The molecule has 6 nitrogen and oxygen atoms in total. The molecule has 2 aromatic rings. The molecule has 100 valence electrons. The SMILES string of the molecule is O=C(O)CCCn1nnnc1Cc1ccccc1Cl. The monoisotopic (exact) mass is 280 g/mol. The molecule has 1 aromatic carbocycles. The predicted molar refractivity (Wildman–Crippen MR) is 68.9 cm³/mol. The van der Waals surface area contributed by atoms with Crippen molar-refractivity contribution in [2.24, 2.45) is 0 Å². The van der Waals surface area contributed by atoms with Gasteiger partial charge in [0.2, 0.25) is 0 Å². The van der Waals surface area contributed by atoms with Crippen LogP contribution in [0.2, 0.25) is 5.02 Å². The number of tetrazole rings is 1. The Balaban J connectivity index is 2.03. The Hall–Kier alpha value is -1.95. The van der Waals surface area contributed by atoms with E-state index < -0.39 is 5.97 Å². The van der Waals surface area contributed by atoms with Gasteiger partial charge < -0.3 is 5.11 Å². The lowest BCUT2D eigenvalue weighted by Crippen LogP contribution is -2.08. The summed E-state index contributed by atoms with van der Waals surface area (Å²) in [6, 6.07) is 7.50. The number of carboxylic acid groups (broad SMARTS) is 1. The molecule has 2 rings (SSSR count). The van der Waals surface area contributed by atoms with Crippen molar-refractivity contribution < 1.29 is 9.90 Å². The van der Waals surface area contributed by atoms with E-state index >= 15 is 0 Å². The van der Waals surface area contributed by atoms with Gasteiger partial charge in [-0.2, -0.15) is 0 Å². The van der Waals surface area contributed by atoms with Crippen molar-refractivity contribution in [2.45, 2.75) is 25.8 Å². The number of nitrogens with zero attached hydrogens (tertiary/aromatic N) is 4. The normalized spacial score (nSPS) is 10.6. The average Bonchev–Trinajstić information content (AvgIpc) is 2.79. The van der Waals surface area contributed by atoms with Gasteiger partial charge in [-0.3, -0.25) is 4.79 Å². The van der Waals surface area contributed by atoms with Crippen LogP contribution in [0.15, 0.2) is 24.3 Å². The first-order valence-corrected chi connectivity index (χ1v) is 6.25. The van der Waals surface area contributed by atoms with Gasteiger partial charge in [0.15, 0.2) is 5.82 Å². The predicted octanol–water partition coefficient (Wildman–Crippen LogP) is 1.78. The fraction of sp³-hybridized carbons (Fsp3) is 0.333. The van der Waals surface area contributed by atoms with Gasteiger partial charge in [0.25, 0.3) is 0 Å². The van der Waals surface area contributed by atoms with Crippen molar-refractivity contribution in [1.29, 1.82) is 0 Å². The number of carbonyl (C=O) groups is 1. The van der Waals surface area contributed by atoms with E-state index in [9.17, 15) is 4.79 Å². The van der Waals surface area contributed by atoms with Gasteiger partial charge in [-0.25, -0.2) is 4.68 Å². The van der Waals surface area contributed by atoms with Gasteiger partial charge in [-0.1, -0.05) is 29.8 Å². The summed E-state index contributed by atoms with van der Waals surface area (Å²) < 4.78 is 1.62. The Bertz CT molecular complexity index is 570. The first-order chi connectivity index (χ1) is 9.16. The molecule has 7 heteroatoms. The maximum absolute atomic E-state index is 10.5. The third-order valence-corrected chi connectivity index (χ3v) is 3.04. The summed E-state index contributed by atoms with van der Waals surface area (Å²) >= 11 is 6.08. The van der Waals surface area contributed by atoms with Gasteiger partial charge in [-0.05, 0) is 28.5 Å². The standard InChI is InChI=1S/C12H13ClN4O2/c13-10-5-2-1-4-9(10)8-11-14-15-16-17(11)7-3-6-12(18)19/h1-2,4-5H,3,6-8H2,(H,18,19). The van der Waals surface area contributed by atoms with E-state index in [-0.39, 0.29) is 6.42 Å². The zero-order chi connectivity index (χ0) is 13.7. The number of aromatic nitrogens is 4. The second kappa shape index (κ2) is 6.29. The fourth-order valence-electron chi connectivity index (χ4n) is 1.72. The highest BCUT2D eigenvalue weighted by atomic mass is 35.5. The number of benzene rings is 1. The third kappa shape index (κ3) is 3.75. The second-order valence-corrected chi connectivity index (χ2v) is 4.49. The molecular weight excluding hydrogens is 268 g/mol. The lowest BCUT2D eigenvalue weighted by molar-refractivity contribution is -0.137. The topological polar surface area (TPSA) is 80.9 Å². The summed E-state index contributed by atoms with van der Waals surface area (Å²) in [4.78, 5) is 10.5. The number of hydrogen-bond donors (Lipinski definition) is 1. The van der Waals surface area contributed by atoms with Crippen molar-refractivity contribution in [3.8, 4) is 0 Å². The third-order valence-electron chi connectivity index (χ3n) is 2.67. The molecule has 0 saturated carbocycles. The highest BCUT2D eigenvalue weighted by Crippen LogP contribution is 2.17. The number of aryl methyl sites for hydroxylation is 1. The zero-order valence-corrected chi connectivity index (χ0v) is 10.9. The summed E-state index contributed by atoms with van der Waals surface area (Å²) in [6.45, 7) is 0.485. The van der Waals surface area contributed by atoms with Crippen LogP contribution in [0.5, 0.6) is 0 Å². The molecular formula is C12H13ClN4O2. The first-order valence-electron chi connectivity index (χ1n) is 5.87. The Labute approximate surface area is 115 Å². The van der Waals surface area contributed by atoms with E-state index in [0.29, 0.717) is 30.2 Å². The summed E-state index contributed by atoms with van der Waals surface area (Å²) in [6.07, 6.45) is 1.13. The molecule has 1 aromatic heterocycles. The molecule has 0 aliphatic carbocycles. The van der Waals surface area contributed by atoms with Crippen molar-refractivity contribution in [2.75, 3.05) is 0 Å². The van der Waals surface area contributed by atoms with Gasteiger partial charge in [0.05, 0.1) is 0 Å². The van der Waals surface area contributed by atoms with Crippen molar-refractivity contribution in [3.63, 3.8) is 0 Å². The largest absolute Gasteiger partial charge is 0.481 e. The zero-order valence-electron chi connectivity index (χ0n) is 10.2. The van der Waals surface area contributed by atoms with Crippen LogP contribution in [0.1, 0.15) is 24.2 Å². The van der Waals surface area contributed by atoms with Gasteiger partial charge in [-0.15, -0.1) is 5.10 Å². The van der Waals surface area contributed by atoms with Crippen LogP contribution in [0, 0.1) is 0 Å². The van der Waals surface area contributed by atoms with E-state index in [1.807, 2.05) is 24.3 Å². The van der Waals surface area contributed by atoms with Crippen molar-refractivity contribution >= 4 is 17.6 Å². The molecule has 0 bridgehead atoms. The summed E-state index contributed by atoms with van der Waals surface area (Å²) in [5, 5.41) is 20.7. The average molecular weight is 281 g/mol. The number of halogens is 1. The van der Waals surface area contributed by atoms with Crippen LogP contribution in [-0.2, 0) is 17.8 Å². The molecule has 0 fully saturated rings. The van der Waals surface area contributed by atoms with E-state index in [2.05, 4.69) is 15.5 Å². The van der Waals surface area contributed by atoms with Crippen LogP contribution < -0.4 is 0 Å². The molecule has 0 aliphatic rings. The van der Waals surface area contributed by atoms with Crippen LogP contribution >= 0.6 is 11.6 Å². The van der Waals surface area contributed by atoms with Crippen LogP contribution in [0.4, 0.5) is 0 Å². The van der Waals surface area contributed by atoms with Crippen LogP contribution in [0.3, 0.4) is 0 Å². The molecule has 19 heavy (non-hydrogen) atoms. The number of aliphatic carboxylic acids is 1. The molecule has 0 unspecified atom stereocenters. The van der Waals surface area contributed by atoms with Crippen LogP contribution in [-0.4, -0.2) is 31.3 Å². The van der Waals surface area contributed by atoms with Crippen LogP contribution in [0.25, 0.3) is 0 Å². The highest BCUT2D eigenvalue weighted by molar-refractivity contribution is 6.31. The minimum atomic E-state index is -0.819. The number of rotatable bonds is 6. The molecule has 0 aliphatic heterocycles. The molecule has 1 heterocycles. The lowest BCUT2D eigenvalue weighted by atomic mass is 10.1. The smallest absolute Gasteiger partial charge is 0.303 e. The molecule has 1 N–H and O–H groups in total. The summed E-state index contributed by atoms with van der Waals surface area (Å²) in [7, 11) is 0. The molecule has 0 spiro atoms. The van der Waals surface area contributed by atoms with Gasteiger partial charge in [0.1, 0.15) is 0 Å². The van der Waals surface area contributed by atoms with Gasteiger partial charge in [0, 0.05) is 24.4 Å². The first kappa shape index (κ1) is 13.5. The highest BCUT2D eigenvalue weighted by Gasteiger charge is 2.09. The molecule has 0 atom stereocenters. The Morgan fingerprint density at radius 1 is 1.37 bits per heavy atom. The minimum Gasteiger partial charge on any atom is -0.481 e. The lowest BCUT2D eigenvalue weighted by Gasteiger charge is -2.05. The van der Waals surface area contributed by atoms with Gasteiger partial charge >= 0.3 is 5.97 Å². The van der Waals surface area contributed by atoms with Crippen molar-refractivity contribution in [1.82, 2.24) is 20.2 Å². The maximum Gasteiger partial charge on any atom is 0.303 e. The fourth-order valence-corrected chi connectivity index (χ4v) is 1.92. The second-order valence-electron chi connectivity index (χ2n) is 4.08. The Kier molecular flexibility index (Phi) is 4.46. The van der Waals surface area contributed by atoms with E-state index in [0.717, 1.165) is 5.56 Å². The Morgan fingerprint density at radius 2 is 2.16 bits per heavy atom. The van der Waals surface area contributed by atoms with E-state index in [1.54, 1.807) is 4.68 Å². The minimum absolute atomic E-state index is 0.103. The number of carboxylic acids is 1. The Morgan fingerprint density at radius 3 is 2.89 bits per heavy atom. The van der Waals surface area contributed by atoms with Crippen molar-refractivity contribution in [3.05, 3.63) is 40.7 Å². The quantitative estimate of drug-likeness (QED) is 0.872. The molecule has 0 amide bonds. The number of hydrogen-bond acceptors (Lipinski definition) is 4.